The summed E-state index contributed by atoms with van der Waals surface area (Å²) in [6, 6.07) is 14.6. The third-order valence-corrected chi connectivity index (χ3v) is 6.64. The number of nitrogens with one attached hydrogen (secondary N) is 2. The van der Waals surface area contributed by atoms with E-state index in [2.05, 4.69) is 46.2 Å². The van der Waals surface area contributed by atoms with E-state index in [-0.39, 0.29) is 17.6 Å². The van der Waals surface area contributed by atoms with Gasteiger partial charge >= 0.3 is 0 Å². The molecular weight excluding hydrogens is 400 g/mol. The van der Waals surface area contributed by atoms with Crippen molar-refractivity contribution in [2.45, 2.75) is 64.1 Å². The van der Waals surface area contributed by atoms with Gasteiger partial charge in [0.05, 0.1) is 24.0 Å². The number of H-pyrrole nitrogens is 1. The lowest BCUT2D eigenvalue weighted by molar-refractivity contribution is -0.121. The predicted octanol–water partition coefficient (Wildman–Crippen LogP) is 3.99. The Bertz CT molecular complexity index is 1080. The fraction of sp³-hybridized carbons (Fsp3) is 0.462. The molecule has 1 aromatic heterocycles. The number of hydrogen-bond acceptors (Lipinski definition) is 4. The molecule has 6 nitrogen and oxygen atoms in total. The van der Waals surface area contributed by atoms with Crippen LogP contribution >= 0.6 is 0 Å². The standard InChI is InChI=1S/C26H32N4O2/c1-26(2)12-9-19-15-18(7-8-23(19)32-26)16-25(31)27-20-10-13-30(14-11-20)17-24-28-21-5-3-4-6-22(21)29-24/h3-8,15,20H,9-14,16-17H2,1-2H3,(H,27,31)(H,28,29). The van der Waals surface area contributed by atoms with E-state index in [4.69, 9.17) is 4.74 Å². The topological polar surface area (TPSA) is 70.2 Å². The van der Waals surface area contributed by atoms with Crippen molar-refractivity contribution in [1.82, 2.24) is 20.2 Å². The van der Waals surface area contributed by atoms with Gasteiger partial charge in [0.1, 0.15) is 17.2 Å². The molecule has 0 bridgehead atoms. The van der Waals surface area contributed by atoms with Crippen molar-refractivity contribution in [3.05, 3.63) is 59.4 Å². The number of para-hydroxylation sites is 2. The van der Waals surface area contributed by atoms with Crippen LogP contribution in [0.4, 0.5) is 0 Å². The fourth-order valence-electron chi connectivity index (χ4n) is 4.81. The Morgan fingerprint density at radius 2 is 2.03 bits per heavy atom. The molecule has 0 aliphatic carbocycles. The molecule has 2 aliphatic rings. The summed E-state index contributed by atoms with van der Waals surface area (Å²) in [6.07, 6.45) is 4.37. The van der Waals surface area contributed by atoms with Gasteiger partial charge in [0, 0.05) is 19.1 Å². The van der Waals surface area contributed by atoms with Gasteiger partial charge in [-0.05, 0) is 68.9 Å². The molecule has 0 atom stereocenters. The average molecular weight is 433 g/mol. The fourth-order valence-corrected chi connectivity index (χ4v) is 4.81. The minimum Gasteiger partial charge on any atom is -0.488 e. The van der Waals surface area contributed by atoms with Crippen LogP contribution in [0.3, 0.4) is 0 Å². The highest BCUT2D eigenvalue weighted by Gasteiger charge is 2.27. The number of hydrogen-bond donors (Lipinski definition) is 2. The van der Waals surface area contributed by atoms with E-state index in [0.717, 1.165) is 73.5 Å². The average Bonchev–Trinajstić information content (AvgIpc) is 3.17. The van der Waals surface area contributed by atoms with Gasteiger partial charge in [-0.2, -0.15) is 0 Å². The molecule has 3 heterocycles. The predicted molar refractivity (Wildman–Crippen MR) is 126 cm³/mol. The minimum absolute atomic E-state index is 0.106. The van der Waals surface area contributed by atoms with Gasteiger partial charge in [-0.25, -0.2) is 4.98 Å². The first-order valence-corrected chi connectivity index (χ1v) is 11.7. The number of carbonyl (C=O) groups is 1. The molecule has 6 heteroatoms. The maximum atomic E-state index is 12.7. The lowest BCUT2D eigenvalue weighted by Crippen LogP contribution is -2.44. The first-order chi connectivity index (χ1) is 15.4. The normalized spacial score (nSPS) is 18.8. The number of nitrogens with zero attached hydrogens (tertiary/aromatic N) is 2. The number of likely N-dealkylation sites (tertiary alicyclic amines) is 1. The second kappa shape index (κ2) is 8.58. The maximum absolute atomic E-state index is 12.7. The van der Waals surface area contributed by atoms with Crippen LogP contribution in [-0.2, 0) is 24.2 Å². The number of aromatic amines is 1. The second-order valence-electron chi connectivity index (χ2n) is 9.80. The van der Waals surface area contributed by atoms with Crippen LogP contribution in [0.25, 0.3) is 11.0 Å². The van der Waals surface area contributed by atoms with Gasteiger partial charge in [-0.1, -0.05) is 24.3 Å². The van der Waals surface area contributed by atoms with E-state index in [1.54, 1.807) is 0 Å². The quantitative estimate of drug-likeness (QED) is 0.640. The number of imidazole rings is 1. The molecular formula is C26H32N4O2. The van der Waals surface area contributed by atoms with E-state index >= 15 is 0 Å². The van der Waals surface area contributed by atoms with Crippen molar-refractivity contribution in [3.8, 4) is 5.75 Å². The monoisotopic (exact) mass is 432 g/mol. The molecule has 2 aromatic carbocycles. The summed E-state index contributed by atoms with van der Waals surface area (Å²) in [5.41, 5.74) is 4.27. The molecule has 32 heavy (non-hydrogen) atoms. The smallest absolute Gasteiger partial charge is 0.224 e. The molecule has 1 saturated heterocycles. The molecule has 168 valence electrons. The van der Waals surface area contributed by atoms with Gasteiger partial charge in [0.15, 0.2) is 0 Å². The van der Waals surface area contributed by atoms with Gasteiger partial charge in [-0.3, -0.25) is 9.69 Å². The molecule has 5 rings (SSSR count). The minimum atomic E-state index is -0.106. The SMILES string of the molecule is CC1(C)CCc2cc(CC(=O)NC3CCN(Cc4nc5ccccc5[nH]4)CC3)ccc2O1. The van der Waals surface area contributed by atoms with Gasteiger partial charge in [0.25, 0.3) is 0 Å². The zero-order chi connectivity index (χ0) is 22.1. The van der Waals surface area contributed by atoms with Crippen molar-refractivity contribution in [2.24, 2.45) is 0 Å². The summed E-state index contributed by atoms with van der Waals surface area (Å²) in [6.45, 7) is 7.00. The van der Waals surface area contributed by atoms with Crippen molar-refractivity contribution in [1.29, 1.82) is 0 Å². The highest BCUT2D eigenvalue weighted by atomic mass is 16.5. The number of amides is 1. The molecule has 2 aliphatic heterocycles. The molecule has 0 saturated carbocycles. The van der Waals surface area contributed by atoms with Crippen LogP contribution in [0.15, 0.2) is 42.5 Å². The van der Waals surface area contributed by atoms with Crippen LogP contribution in [0, 0.1) is 0 Å². The number of aryl methyl sites for hydroxylation is 1. The molecule has 1 amide bonds. The largest absolute Gasteiger partial charge is 0.488 e. The third kappa shape index (κ3) is 4.80. The van der Waals surface area contributed by atoms with Crippen LogP contribution in [0.1, 0.15) is 50.1 Å². The molecule has 0 unspecified atom stereocenters. The zero-order valence-electron chi connectivity index (χ0n) is 19.0. The summed E-state index contributed by atoms with van der Waals surface area (Å²) >= 11 is 0. The Morgan fingerprint density at radius 3 is 2.84 bits per heavy atom. The number of carbonyl (C=O) groups excluding carboxylic acids is 1. The Hall–Kier alpha value is -2.86. The van der Waals surface area contributed by atoms with Crippen LogP contribution in [-0.4, -0.2) is 45.5 Å². The van der Waals surface area contributed by atoms with E-state index in [0.29, 0.717) is 6.42 Å². The lowest BCUT2D eigenvalue weighted by atomic mass is 9.93. The van der Waals surface area contributed by atoms with Crippen LogP contribution in [0.2, 0.25) is 0 Å². The van der Waals surface area contributed by atoms with Crippen LogP contribution < -0.4 is 10.1 Å². The van der Waals surface area contributed by atoms with E-state index in [9.17, 15) is 4.79 Å². The molecule has 3 aromatic rings. The summed E-state index contributed by atoms with van der Waals surface area (Å²) < 4.78 is 6.06. The van der Waals surface area contributed by atoms with E-state index in [1.807, 2.05) is 30.3 Å². The van der Waals surface area contributed by atoms with Gasteiger partial charge < -0.3 is 15.0 Å². The summed E-state index contributed by atoms with van der Waals surface area (Å²) in [5.74, 6) is 2.08. The maximum Gasteiger partial charge on any atom is 0.224 e. The van der Waals surface area contributed by atoms with Crippen molar-refractivity contribution in [2.75, 3.05) is 13.1 Å². The Labute approximate surface area is 189 Å². The van der Waals surface area contributed by atoms with E-state index in [1.165, 1.54) is 5.56 Å². The summed E-state index contributed by atoms with van der Waals surface area (Å²) in [7, 11) is 0. The molecule has 0 radical (unpaired) electrons. The second-order valence-corrected chi connectivity index (χ2v) is 9.80. The number of aromatic nitrogens is 2. The highest BCUT2D eigenvalue weighted by molar-refractivity contribution is 5.79. The molecule has 1 fully saturated rings. The van der Waals surface area contributed by atoms with Crippen molar-refractivity contribution < 1.29 is 9.53 Å². The number of ether oxygens (including phenoxy) is 1. The lowest BCUT2D eigenvalue weighted by Gasteiger charge is -2.33. The number of piperidine rings is 1. The van der Waals surface area contributed by atoms with Gasteiger partial charge in [-0.15, -0.1) is 0 Å². The Kier molecular flexibility index (Phi) is 5.64. The number of rotatable bonds is 5. The number of fused-ring (bicyclic) bond motifs is 2. The summed E-state index contributed by atoms with van der Waals surface area (Å²) in [5, 5.41) is 3.25. The zero-order valence-corrected chi connectivity index (χ0v) is 19.0. The highest BCUT2D eigenvalue weighted by Crippen LogP contribution is 2.33. The third-order valence-electron chi connectivity index (χ3n) is 6.64. The summed E-state index contributed by atoms with van der Waals surface area (Å²) in [4.78, 5) is 23.2. The molecule has 0 spiro atoms. The van der Waals surface area contributed by atoms with Crippen molar-refractivity contribution in [3.63, 3.8) is 0 Å². The molecule has 2 N–H and O–H groups in total. The first kappa shape index (κ1) is 21.0. The first-order valence-electron chi connectivity index (χ1n) is 11.7. The van der Waals surface area contributed by atoms with Gasteiger partial charge in [0.2, 0.25) is 5.91 Å². The van der Waals surface area contributed by atoms with E-state index < -0.39 is 0 Å². The van der Waals surface area contributed by atoms with Crippen LogP contribution in [0.5, 0.6) is 5.75 Å². The Morgan fingerprint density at radius 1 is 1.22 bits per heavy atom. The van der Waals surface area contributed by atoms with Crippen molar-refractivity contribution >= 4 is 16.9 Å². The number of benzene rings is 2. The Balaban J connectivity index is 1.10.